The molecule has 0 saturated carbocycles. The summed E-state index contributed by atoms with van der Waals surface area (Å²) >= 11 is 0. The van der Waals surface area contributed by atoms with Crippen LogP contribution in [0.4, 0.5) is 0 Å². The number of carbonyl (C=O) groups excluding carboxylic acids is 2. The largest absolute Gasteiger partial charge is 0.480 e. The molecule has 1 aromatic heterocycles. The number of rotatable bonds is 6. The number of nitrogens with one attached hydrogen (secondary N) is 2. The summed E-state index contributed by atoms with van der Waals surface area (Å²) in [5, 5.41) is 13.2. The van der Waals surface area contributed by atoms with Gasteiger partial charge in [-0.05, 0) is 23.8 Å². The highest BCUT2D eigenvalue weighted by Crippen LogP contribution is 2.07. The summed E-state index contributed by atoms with van der Waals surface area (Å²) in [4.78, 5) is 34.6. The molecule has 1 heterocycles. The molecule has 0 atom stereocenters. The van der Waals surface area contributed by atoms with Crippen LogP contribution in [0, 0.1) is 0 Å². The fourth-order valence-electron chi connectivity index (χ4n) is 1.72. The number of carboxylic acids is 1. The van der Waals surface area contributed by atoms with Crippen LogP contribution in [0.5, 0.6) is 0 Å². The van der Waals surface area contributed by atoms with Crippen molar-refractivity contribution < 1.29 is 23.9 Å². The van der Waals surface area contributed by atoms with Crippen LogP contribution in [-0.4, -0.2) is 29.4 Å². The molecule has 7 nitrogen and oxygen atoms in total. The van der Waals surface area contributed by atoms with Gasteiger partial charge in [-0.15, -0.1) is 0 Å². The van der Waals surface area contributed by atoms with Crippen molar-refractivity contribution in [2.75, 3.05) is 6.54 Å². The summed E-state index contributed by atoms with van der Waals surface area (Å²) in [6.07, 6.45) is 2.78. The SMILES string of the molecule is O=C(O)CNC(=O)/C(=C/c1ccccc1)NC(=O)c1ccco1. The van der Waals surface area contributed by atoms with E-state index in [1.54, 1.807) is 30.3 Å². The summed E-state index contributed by atoms with van der Waals surface area (Å²) in [6, 6.07) is 11.8. The van der Waals surface area contributed by atoms with Crippen molar-refractivity contribution in [2.45, 2.75) is 0 Å². The Kier molecular flexibility index (Phi) is 5.30. The van der Waals surface area contributed by atoms with E-state index in [0.29, 0.717) is 5.56 Å². The third kappa shape index (κ3) is 4.85. The third-order valence-electron chi connectivity index (χ3n) is 2.75. The second kappa shape index (κ2) is 7.60. The molecule has 0 radical (unpaired) electrons. The van der Waals surface area contributed by atoms with Crippen LogP contribution in [0.2, 0.25) is 0 Å². The van der Waals surface area contributed by atoms with E-state index in [0.717, 1.165) is 0 Å². The zero-order valence-corrected chi connectivity index (χ0v) is 12.0. The van der Waals surface area contributed by atoms with Gasteiger partial charge in [-0.25, -0.2) is 0 Å². The second-order valence-corrected chi connectivity index (χ2v) is 4.48. The number of furan rings is 1. The summed E-state index contributed by atoms with van der Waals surface area (Å²) in [7, 11) is 0. The topological polar surface area (TPSA) is 109 Å². The molecule has 7 heteroatoms. The van der Waals surface area contributed by atoms with E-state index >= 15 is 0 Å². The maximum Gasteiger partial charge on any atom is 0.322 e. The number of benzene rings is 1. The van der Waals surface area contributed by atoms with E-state index in [2.05, 4.69) is 10.6 Å². The number of aliphatic carboxylic acids is 1. The first-order chi connectivity index (χ1) is 11.1. The maximum atomic E-state index is 12.1. The lowest BCUT2D eigenvalue weighted by Gasteiger charge is -2.09. The number of amides is 2. The van der Waals surface area contributed by atoms with Gasteiger partial charge in [0.15, 0.2) is 5.76 Å². The minimum absolute atomic E-state index is 0.0370. The molecule has 0 saturated heterocycles. The first kappa shape index (κ1) is 16.0. The van der Waals surface area contributed by atoms with E-state index in [9.17, 15) is 14.4 Å². The van der Waals surface area contributed by atoms with Crippen molar-refractivity contribution in [3.8, 4) is 0 Å². The minimum Gasteiger partial charge on any atom is -0.480 e. The average molecular weight is 314 g/mol. The van der Waals surface area contributed by atoms with Gasteiger partial charge >= 0.3 is 5.97 Å². The fraction of sp³-hybridized carbons (Fsp3) is 0.0625. The van der Waals surface area contributed by atoms with Crippen molar-refractivity contribution in [1.82, 2.24) is 10.6 Å². The Morgan fingerprint density at radius 1 is 1.09 bits per heavy atom. The van der Waals surface area contributed by atoms with Crippen molar-refractivity contribution in [3.05, 3.63) is 65.7 Å². The van der Waals surface area contributed by atoms with E-state index in [-0.39, 0.29) is 11.5 Å². The first-order valence-electron chi connectivity index (χ1n) is 6.68. The highest BCUT2D eigenvalue weighted by atomic mass is 16.4. The molecule has 0 aliphatic carbocycles. The van der Waals surface area contributed by atoms with Gasteiger partial charge < -0.3 is 20.2 Å². The predicted octanol–water partition coefficient (Wildman–Crippen LogP) is 1.25. The van der Waals surface area contributed by atoms with E-state index in [4.69, 9.17) is 9.52 Å². The van der Waals surface area contributed by atoms with Crippen LogP contribution in [-0.2, 0) is 9.59 Å². The van der Waals surface area contributed by atoms with E-state index in [1.807, 2.05) is 6.07 Å². The number of hydrogen-bond donors (Lipinski definition) is 3. The van der Waals surface area contributed by atoms with Crippen LogP contribution >= 0.6 is 0 Å². The van der Waals surface area contributed by atoms with Gasteiger partial charge in [0, 0.05) is 0 Å². The van der Waals surface area contributed by atoms with Gasteiger partial charge in [0.1, 0.15) is 12.2 Å². The molecule has 0 bridgehead atoms. The number of hydrogen-bond acceptors (Lipinski definition) is 4. The van der Waals surface area contributed by atoms with Gasteiger partial charge in [-0.3, -0.25) is 14.4 Å². The molecule has 3 N–H and O–H groups in total. The zero-order chi connectivity index (χ0) is 16.7. The van der Waals surface area contributed by atoms with Gasteiger partial charge in [-0.2, -0.15) is 0 Å². The van der Waals surface area contributed by atoms with E-state index < -0.39 is 24.3 Å². The Labute approximate surface area is 131 Å². The Hall–Kier alpha value is -3.35. The van der Waals surface area contributed by atoms with Crippen LogP contribution < -0.4 is 10.6 Å². The molecule has 0 fully saturated rings. The lowest BCUT2D eigenvalue weighted by molar-refractivity contribution is -0.137. The smallest absolute Gasteiger partial charge is 0.322 e. The number of carbonyl (C=O) groups is 3. The van der Waals surface area contributed by atoms with Gasteiger partial charge in [0.05, 0.1) is 6.26 Å². The molecule has 2 rings (SSSR count). The van der Waals surface area contributed by atoms with Crippen LogP contribution in [0.3, 0.4) is 0 Å². The molecule has 2 amide bonds. The highest BCUT2D eigenvalue weighted by molar-refractivity contribution is 6.04. The van der Waals surface area contributed by atoms with E-state index in [1.165, 1.54) is 18.4 Å². The molecular weight excluding hydrogens is 300 g/mol. The van der Waals surface area contributed by atoms with Crippen LogP contribution in [0.1, 0.15) is 16.1 Å². The summed E-state index contributed by atoms with van der Waals surface area (Å²) in [6.45, 7) is -0.554. The Morgan fingerprint density at radius 3 is 2.43 bits per heavy atom. The molecule has 2 aromatic rings. The van der Waals surface area contributed by atoms with Crippen LogP contribution in [0.15, 0.2) is 58.8 Å². The fourth-order valence-corrected chi connectivity index (χ4v) is 1.72. The molecule has 0 spiro atoms. The van der Waals surface area contributed by atoms with Crippen LogP contribution in [0.25, 0.3) is 6.08 Å². The third-order valence-corrected chi connectivity index (χ3v) is 2.75. The highest BCUT2D eigenvalue weighted by Gasteiger charge is 2.16. The second-order valence-electron chi connectivity index (χ2n) is 4.48. The maximum absolute atomic E-state index is 12.1. The van der Waals surface area contributed by atoms with Gasteiger partial charge in [0.2, 0.25) is 0 Å². The quantitative estimate of drug-likeness (QED) is 0.695. The molecule has 0 unspecified atom stereocenters. The molecule has 1 aromatic carbocycles. The molecule has 0 aliphatic heterocycles. The monoisotopic (exact) mass is 314 g/mol. The lowest BCUT2D eigenvalue weighted by Crippen LogP contribution is -2.37. The summed E-state index contributed by atoms with van der Waals surface area (Å²) in [5.41, 5.74) is 0.589. The zero-order valence-electron chi connectivity index (χ0n) is 12.0. The first-order valence-corrected chi connectivity index (χ1v) is 6.68. The van der Waals surface area contributed by atoms with Gasteiger partial charge in [-0.1, -0.05) is 30.3 Å². The molecule has 23 heavy (non-hydrogen) atoms. The minimum atomic E-state index is -1.19. The van der Waals surface area contributed by atoms with Crippen molar-refractivity contribution in [3.63, 3.8) is 0 Å². The van der Waals surface area contributed by atoms with Crippen molar-refractivity contribution in [2.24, 2.45) is 0 Å². The molecular formula is C16H14N2O5. The summed E-state index contributed by atoms with van der Waals surface area (Å²) < 4.78 is 4.96. The van der Waals surface area contributed by atoms with Gasteiger partial charge in [0.25, 0.3) is 11.8 Å². The standard InChI is InChI=1S/C16H14N2O5/c19-14(20)10-17-15(21)12(9-11-5-2-1-3-6-11)18-16(22)13-7-4-8-23-13/h1-9H,10H2,(H,17,21)(H,18,22)(H,19,20)/b12-9-. The Balaban J connectivity index is 2.20. The average Bonchev–Trinajstić information content (AvgIpc) is 3.07. The number of carboxylic acid groups (broad SMARTS) is 1. The lowest BCUT2D eigenvalue weighted by atomic mass is 10.2. The Morgan fingerprint density at radius 2 is 1.83 bits per heavy atom. The Bertz CT molecular complexity index is 720. The molecule has 118 valence electrons. The van der Waals surface area contributed by atoms with Crippen molar-refractivity contribution >= 4 is 23.9 Å². The summed E-state index contributed by atoms with van der Waals surface area (Å²) in [5.74, 6) is -2.47. The normalized spacial score (nSPS) is 10.9. The predicted molar refractivity (Wildman–Crippen MR) is 81.2 cm³/mol. The molecule has 0 aliphatic rings. The van der Waals surface area contributed by atoms with Crippen molar-refractivity contribution in [1.29, 1.82) is 0 Å².